The van der Waals surface area contributed by atoms with Crippen molar-refractivity contribution in [3.05, 3.63) is 0 Å². The zero-order chi connectivity index (χ0) is 12.8. The number of hydrogen-bond donors (Lipinski definition) is 1. The maximum Gasteiger partial charge on any atom is 0.455 e. The van der Waals surface area contributed by atoms with E-state index in [1.54, 1.807) is 6.92 Å². The van der Waals surface area contributed by atoms with Crippen molar-refractivity contribution >= 4 is 0 Å². The zero-order valence-electron chi connectivity index (χ0n) is 8.86. The van der Waals surface area contributed by atoms with E-state index in [1.807, 2.05) is 0 Å². The third-order valence-corrected chi connectivity index (χ3v) is 2.00. The van der Waals surface area contributed by atoms with Gasteiger partial charge in [-0.05, 0) is 19.3 Å². The number of rotatable bonds is 7. The summed E-state index contributed by atoms with van der Waals surface area (Å²) in [6.45, 7) is -0.148. The summed E-state index contributed by atoms with van der Waals surface area (Å²) in [5.74, 6) is -4.81. The molecule has 0 aliphatic rings. The Morgan fingerprint density at radius 1 is 1.19 bits per heavy atom. The lowest BCUT2D eigenvalue weighted by atomic mass is 10.1. The lowest BCUT2D eigenvalue weighted by Gasteiger charge is -2.19. The van der Waals surface area contributed by atoms with Gasteiger partial charge in [0, 0.05) is 6.61 Å². The second-order valence-electron chi connectivity index (χ2n) is 3.46. The summed E-state index contributed by atoms with van der Waals surface area (Å²) in [4.78, 5) is 0. The van der Waals surface area contributed by atoms with Crippen LogP contribution in [-0.2, 0) is 4.74 Å². The van der Waals surface area contributed by atoms with Gasteiger partial charge in [0.25, 0.3) is 0 Å². The fourth-order valence-electron chi connectivity index (χ4n) is 0.907. The van der Waals surface area contributed by atoms with E-state index in [9.17, 15) is 22.0 Å². The van der Waals surface area contributed by atoms with Crippen LogP contribution in [0.4, 0.5) is 22.0 Å². The Bertz CT molecular complexity index is 193. The molecule has 0 spiro atoms. The van der Waals surface area contributed by atoms with Crippen LogP contribution in [0.15, 0.2) is 0 Å². The predicted molar refractivity (Wildman–Crippen MR) is 47.4 cm³/mol. The fourth-order valence-corrected chi connectivity index (χ4v) is 0.907. The van der Waals surface area contributed by atoms with Gasteiger partial charge in [-0.15, -0.1) is 0 Å². The Kier molecular flexibility index (Phi) is 6.17. The minimum Gasteiger partial charge on any atom is -0.393 e. The van der Waals surface area contributed by atoms with Gasteiger partial charge in [0.1, 0.15) is 6.61 Å². The molecule has 16 heavy (non-hydrogen) atoms. The van der Waals surface area contributed by atoms with Crippen molar-refractivity contribution in [3.8, 4) is 0 Å². The molecule has 0 saturated heterocycles. The highest BCUT2D eigenvalue weighted by molar-refractivity contribution is 4.74. The van der Waals surface area contributed by atoms with Crippen molar-refractivity contribution in [1.29, 1.82) is 0 Å². The van der Waals surface area contributed by atoms with E-state index in [2.05, 4.69) is 4.74 Å². The molecule has 0 rings (SSSR count). The molecule has 1 N–H and O–H groups in total. The first-order chi connectivity index (χ1) is 7.20. The smallest absolute Gasteiger partial charge is 0.393 e. The van der Waals surface area contributed by atoms with E-state index in [4.69, 9.17) is 5.11 Å². The summed E-state index contributed by atoms with van der Waals surface area (Å²) in [7, 11) is 0. The molecule has 7 heteroatoms. The molecule has 2 nitrogen and oxygen atoms in total. The molecule has 0 aromatic heterocycles. The standard InChI is InChI=1S/C9H15F5O2/c1-2-7(15)4-3-5-16-6-8(10,11)9(12,13)14/h7,15H,2-6H2,1H3. The average Bonchev–Trinajstić information content (AvgIpc) is 2.15. The lowest BCUT2D eigenvalue weighted by Crippen LogP contribution is -2.40. The number of halogens is 5. The maximum absolute atomic E-state index is 12.3. The molecule has 98 valence electrons. The molecule has 0 aromatic carbocycles. The van der Waals surface area contributed by atoms with Crippen molar-refractivity contribution in [1.82, 2.24) is 0 Å². The summed E-state index contributed by atoms with van der Waals surface area (Å²) in [6, 6.07) is 0. The van der Waals surface area contributed by atoms with Crippen LogP contribution in [0.3, 0.4) is 0 Å². The third-order valence-electron chi connectivity index (χ3n) is 2.00. The van der Waals surface area contributed by atoms with Crippen molar-refractivity contribution in [2.75, 3.05) is 13.2 Å². The quantitative estimate of drug-likeness (QED) is 0.556. The first kappa shape index (κ1) is 15.6. The number of ether oxygens (including phenoxy) is 1. The maximum atomic E-state index is 12.3. The Morgan fingerprint density at radius 2 is 1.75 bits per heavy atom. The summed E-state index contributed by atoms with van der Waals surface area (Å²) in [5, 5.41) is 9.06. The zero-order valence-corrected chi connectivity index (χ0v) is 8.86. The monoisotopic (exact) mass is 250 g/mol. The number of aliphatic hydroxyl groups excluding tert-OH is 1. The molecule has 0 amide bonds. The fraction of sp³-hybridized carbons (Fsp3) is 1.00. The van der Waals surface area contributed by atoms with Gasteiger partial charge in [-0.25, -0.2) is 0 Å². The largest absolute Gasteiger partial charge is 0.455 e. The molecule has 0 heterocycles. The van der Waals surface area contributed by atoms with Crippen molar-refractivity contribution in [2.24, 2.45) is 0 Å². The first-order valence-corrected chi connectivity index (χ1v) is 4.91. The first-order valence-electron chi connectivity index (χ1n) is 4.91. The second-order valence-corrected chi connectivity index (χ2v) is 3.46. The summed E-state index contributed by atoms with van der Waals surface area (Å²) >= 11 is 0. The normalized spacial score (nSPS) is 15.2. The average molecular weight is 250 g/mol. The summed E-state index contributed by atoms with van der Waals surface area (Å²) < 4.78 is 63.8. The molecule has 0 aromatic rings. The lowest BCUT2D eigenvalue weighted by molar-refractivity contribution is -0.296. The Balaban J connectivity index is 3.67. The van der Waals surface area contributed by atoms with Crippen LogP contribution in [0.5, 0.6) is 0 Å². The molecule has 0 fully saturated rings. The van der Waals surface area contributed by atoms with Crippen LogP contribution in [0.1, 0.15) is 26.2 Å². The van der Waals surface area contributed by atoms with Gasteiger partial charge in [0.2, 0.25) is 0 Å². The molecule has 1 atom stereocenters. The van der Waals surface area contributed by atoms with Gasteiger partial charge < -0.3 is 9.84 Å². The summed E-state index contributed by atoms with van der Waals surface area (Å²) in [6.07, 6.45) is -5.04. The van der Waals surface area contributed by atoms with Gasteiger partial charge in [-0.2, -0.15) is 22.0 Å². The van der Waals surface area contributed by atoms with Crippen molar-refractivity contribution < 1.29 is 31.8 Å². The minimum absolute atomic E-state index is 0.220. The van der Waals surface area contributed by atoms with Gasteiger partial charge in [-0.1, -0.05) is 6.92 Å². The van der Waals surface area contributed by atoms with Crippen molar-refractivity contribution in [3.63, 3.8) is 0 Å². The van der Waals surface area contributed by atoms with E-state index in [0.29, 0.717) is 12.8 Å². The number of alkyl halides is 5. The highest BCUT2D eigenvalue weighted by atomic mass is 19.4. The molecular formula is C9H15F5O2. The Labute approximate surface area is 90.4 Å². The van der Waals surface area contributed by atoms with Gasteiger partial charge in [0.05, 0.1) is 6.10 Å². The van der Waals surface area contributed by atoms with Crippen LogP contribution in [0.2, 0.25) is 0 Å². The van der Waals surface area contributed by atoms with Gasteiger partial charge >= 0.3 is 12.1 Å². The molecule has 0 bridgehead atoms. The van der Waals surface area contributed by atoms with E-state index in [1.165, 1.54) is 0 Å². The van der Waals surface area contributed by atoms with E-state index < -0.39 is 24.8 Å². The van der Waals surface area contributed by atoms with E-state index in [0.717, 1.165) is 0 Å². The predicted octanol–water partition coefficient (Wildman–Crippen LogP) is 2.75. The van der Waals surface area contributed by atoms with Crippen LogP contribution in [0, 0.1) is 0 Å². The van der Waals surface area contributed by atoms with Crippen LogP contribution in [0.25, 0.3) is 0 Å². The molecule has 0 radical (unpaired) electrons. The Morgan fingerprint density at radius 3 is 2.19 bits per heavy atom. The highest BCUT2D eigenvalue weighted by Crippen LogP contribution is 2.35. The Hall–Kier alpha value is -0.430. The number of hydrogen-bond acceptors (Lipinski definition) is 2. The SMILES string of the molecule is CCC(O)CCCOCC(F)(F)C(F)(F)F. The van der Waals surface area contributed by atoms with Crippen molar-refractivity contribution in [2.45, 2.75) is 44.4 Å². The van der Waals surface area contributed by atoms with Crippen LogP contribution in [-0.4, -0.2) is 36.5 Å². The number of aliphatic hydroxyl groups is 1. The van der Waals surface area contributed by atoms with Gasteiger partial charge in [-0.3, -0.25) is 0 Å². The third kappa shape index (κ3) is 5.60. The van der Waals surface area contributed by atoms with E-state index in [-0.39, 0.29) is 13.0 Å². The molecule has 1 unspecified atom stereocenters. The summed E-state index contributed by atoms with van der Waals surface area (Å²) in [5.41, 5.74) is 0. The van der Waals surface area contributed by atoms with Gasteiger partial charge in [0.15, 0.2) is 0 Å². The van der Waals surface area contributed by atoms with Crippen LogP contribution >= 0.6 is 0 Å². The molecular weight excluding hydrogens is 235 g/mol. The molecule has 0 saturated carbocycles. The topological polar surface area (TPSA) is 29.5 Å². The minimum atomic E-state index is -5.57. The second kappa shape index (κ2) is 6.34. The molecule has 0 aliphatic heterocycles. The van der Waals surface area contributed by atoms with Crippen LogP contribution < -0.4 is 0 Å². The van der Waals surface area contributed by atoms with E-state index >= 15 is 0 Å². The highest BCUT2D eigenvalue weighted by Gasteiger charge is 2.57. The molecule has 0 aliphatic carbocycles.